The molecule has 0 aromatic carbocycles. The molecule has 0 unspecified atom stereocenters. The number of rotatable bonds is 7. The standard InChI is InChI=1S/C24H26F7N5O3S/c1-10-7-23(27,28)9-36(10)22(39)17-18(40-21(35-17)20(38)34-14-4-3-5-15(14)37)13-8-32-16(6-12(13)19(25)26)33-11(2)24(29,30)31/h6,8,10-11,14-15,19,37H,3-5,7,9H2,1-2H3,(H,32,33)(H,34,38)/t10-,11-,14+,15+/m0/s1. The average molecular weight is 598 g/mol. The summed E-state index contributed by atoms with van der Waals surface area (Å²) in [5.74, 6) is -5.53. The van der Waals surface area contributed by atoms with Crippen LogP contribution in [0.25, 0.3) is 10.4 Å². The lowest BCUT2D eigenvalue weighted by Gasteiger charge is -2.21. The monoisotopic (exact) mass is 597 g/mol. The minimum atomic E-state index is -4.69. The van der Waals surface area contributed by atoms with Crippen molar-refractivity contribution in [2.75, 3.05) is 11.9 Å². The second-order valence-corrected chi connectivity index (χ2v) is 11.0. The van der Waals surface area contributed by atoms with Crippen molar-refractivity contribution in [1.29, 1.82) is 0 Å². The van der Waals surface area contributed by atoms with Crippen LogP contribution >= 0.6 is 11.3 Å². The number of aliphatic hydroxyl groups is 1. The van der Waals surface area contributed by atoms with Crippen LogP contribution in [0.15, 0.2) is 12.3 Å². The summed E-state index contributed by atoms with van der Waals surface area (Å²) in [7, 11) is 0. The summed E-state index contributed by atoms with van der Waals surface area (Å²) < 4.78 is 95.3. The third-order valence-corrected chi connectivity index (χ3v) is 7.97. The van der Waals surface area contributed by atoms with E-state index in [1.165, 1.54) is 6.92 Å². The van der Waals surface area contributed by atoms with Gasteiger partial charge < -0.3 is 20.6 Å². The fourth-order valence-corrected chi connectivity index (χ4v) is 5.72. The molecule has 2 aromatic rings. The summed E-state index contributed by atoms with van der Waals surface area (Å²) >= 11 is 0.536. The Morgan fingerprint density at radius 3 is 2.50 bits per heavy atom. The van der Waals surface area contributed by atoms with E-state index in [0.29, 0.717) is 36.7 Å². The number of aromatic nitrogens is 2. The van der Waals surface area contributed by atoms with E-state index in [-0.39, 0.29) is 15.4 Å². The van der Waals surface area contributed by atoms with Crippen LogP contribution in [0.2, 0.25) is 0 Å². The SMILES string of the molecule is C[C@H](Nc1cc(C(F)F)c(-c2sc(C(=O)N[C@@H]3CCC[C@H]3O)nc2C(=O)N2CC(F)(F)C[C@@H]2C)cn1)C(F)(F)F. The number of pyridine rings is 1. The van der Waals surface area contributed by atoms with Gasteiger partial charge in [0.15, 0.2) is 5.01 Å². The van der Waals surface area contributed by atoms with Crippen LogP contribution in [0, 0.1) is 0 Å². The number of amides is 2. The highest BCUT2D eigenvalue weighted by Gasteiger charge is 2.46. The zero-order valence-electron chi connectivity index (χ0n) is 21.2. The lowest BCUT2D eigenvalue weighted by molar-refractivity contribution is -0.138. The average Bonchev–Trinajstić information content (AvgIpc) is 3.54. The molecule has 0 radical (unpaired) electrons. The molecule has 8 nitrogen and oxygen atoms in total. The van der Waals surface area contributed by atoms with Crippen molar-refractivity contribution in [3.8, 4) is 10.4 Å². The molecule has 40 heavy (non-hydrogen) atoms. The molecule has 3 heterocycles. The number of carbonyl (C=O) groups is 2. The van der Waals surface area contributed by atoms with E-state index in [1.54, 1.807) is 0 Å². The Morgan fingerprint density at radius 2 is 1.95 bits per heavy atom. The molecule has 2 amide bonds. The highest BCUT2D eigenvalue weighted by atomic mass is 32.1. The van der Waals surface area contributed by atoms with Gasteiger partial charge in [0, 0.05) is 29.8 Å². The van der Waals surface area contributed by atoms with Crippen LogP contribution in [-0.2, 0) is 0 Å². The van der Waals surface area contributed by atoms with Gasteiger partial charge in [0.05, 0.1) is 23.6 Å². The molecule has 16 heteroatoms. The summed E-state index contributed by atoms with van der Waals surface area (Å²) in [6.07, 6.45) is -6.98. The zero-order chi connectivity index (χ0) is 29.6. The fourth-order valence-electron chi connectivity index (χ4n) is 4.73. The van der Waals surface area contributed by atoms with Crippen molar-refractivity contribution in [2.45, 2.75) is 82.3 Å². The molecular weight excluding hydrogens is 571 g/mol. The number of aliphatic hydroxyl groups excluding tert-OH is 1. The van der Waals surface area contributed by atoms with Crippen LogP contribution in [-0.4, -0.2) is 74.7 Å². The normalized spacial score (nSPS) is 23.5. The Morgan fingerprint density at radius 1 is 1.25 bits per heavy atom. The van der Waals surface area contributed by atoms with Crippen molar-refractivity contribution < 1.29 is 45.4 Å². The molecule has 1 aliphatic heterocycles. The highest BCUT2D eigenvalue weighted by molar-refractivity contribution is 7.17. The number of likely N-dealkylation sites (tertiary alicyclic amines) is 1. The van der Waals surface area contributed by atoms with Gasteiger partial charge in [-0.2, -0.15) is 13.2 Å². The molecule has 2 fully saturated rings. The predicted octanol–water partition coefficient (Wildman–Crippen LogP) is 5.02. The maximum Gasteiger partial charge on any atom is 0.408 e. The Hall–Kier alpha value is -3.01. The molecule has 4 atom stereocenters. The summed E-state index contributed by atoms with van der Waals surface area (Å²) in [4.78, 5) is 34.7. The van der Waals surface area contributed by atoms with Gasteiger partial charge in [0.25, 0.3) is 24.2 Å². The van der Waals surface area contributed by atoms with E-state index in [2.05, 4.69) is 15.3 Å². The number of halogens is 7. The van der Waals surface area contributed by atoms with E-state index in [4.69, 9.17) is 0 Å². The lowest BCUT2D eigenvalue weighted by atomic mass is 10.1. The largest absolute Gasteiger partial charge is 0.408 e. The van der Waals surface area contributed by atoms with Crippen LogP contribution in [0.5, 0.6) is 0 Å². The molecule has 0 spiro atoms. The van der Waals surface area contributed by atoms with Crippen LogP contribution in [0.4, 0.5) is 36.6 Å². The molecule has 1 aliphatic carbocycles. The number of nitrogens with one attached hydrogen (secondary N) is 2. The molecule has 2 aliphatic rings. The molecular formula is C24H26F7N5O3S. The van der Waals surface area contributed by atoms with Crippen LogP contribution in [0.1, 0.15) is 71.8 Å². The smallest absolute Gasteiger partial charge is 0.391 e. The number of anilines is 1. The molecule has 220 valence electrons. The predicted molar refractivity (Wildman–Crippen MR) is 131 cm³/mol. The molecule has 2 aromatic heterocycles. The van der Waals surface area contributed by atoms with Crippen molar-refractivity contribution in [1.82, 2.24) is 20.2 Å². The first-order chi connectivity index (χ1) is 18.6. The van der Waals surface area contributed by atoms with E-state index >= 15 is 0 Å². The second kappa shape index (κ2) is 11.1. The molecule has 1 saturated carbocycles. The summed E-state index contributed by atoms with van der Waals surface area (Å²) in [6.45, 7) is 1.21. The number of nitrogens with zero attached hydrogens (tertiary/aromatic N) is 3. The quantitative estimate of drug-likeness (QED) is 0.387. The maximum absolute atomic E-state index is 14.1. The van der Waals surface area contributed by atoms with E-state index in [0.717, 1.165) is 18.0 Å². The minimum absolute atomic E-state index is 0.275. The first kappa shape index (κ1) is 30.0. The maximum atomic E-state index is 14.1. The number of hydrogen-bond donors (Lipinski definition) is 3. The molecule has 3 N–H and O–H groups in total. The number of thiazole rings is 1. The number of carbonyl (C=O) groups excluding carboxylic acids is 2. The number of hydrogen-bond acceptors (Lipinski definition) is 7. The van der Waals surface area contributed by atoms with Gasteiger partial charge in [-0.05, 0) is 39.2 Å². The highest BCUT2D eigenvalue weighted by Crippen LogP contribution is 2.40. The van der Waals surface area contributed by atoms with E-state index in [1.807, 2.05) is 5.32 Å². The second-order valence-electron chi connectivity index (χ2n) is 9.98. The number of alkyl halides is 7. The van der Waals surface area contributed by atoms with Crippen molar-refractivity contribution in [3.63, 3.8) is 0 Å². The van der Waals surface area contributed by atoms with Gasteiger partial charge in [-0.15, -0.1) is 11.3 Å². The minimum Gasteiger partial charge on any atom is -0.391 e. The summed E-state index contributed by atoms with van der Waals surface area (Å²) in [5, 5.41) is 14.3. The Labute approximate surface area is 228 Å². The Bertz CT molecular complexity index is 1270. The first-order valence-corrected chi connectivity index (χ1v) is 13.2. The Balaban J connectivity index is 1.76. The summed E-state index contributed by atoms with van der Waals surface area (Å²) in [5.41, 5.74) is -1.73. The molecule has 4 rings (SSSR count). The zero-order valence-corrected chi connectivity index (χ0v) is 22.1. The van der Waals surface area contributed by atoms with Crippen LogP contribution < -0.4 is 10.6 Å². The molecule has 1 saturated heterocycles. The van der Waals surface area contributed by atoms with Gasteiger partial charge >= 0.3 is 6.18 Å². The summed E-state index contributed by atoms with van der Waals surface area (Å²) in [6, 6.07) is -2.95. The third-order valence-electron chi connectivity index (χ3n) is 6.88. The van der Waals surface area contributed by atoms with Gasteiger partial charge in [-0.25, -0.2) is 27.5 Å². The van der Waals surface area contributed by atoms with Crippen LogP contribution in [0.3, 0.4) is 0 Å². The van der Waals surface area contributed by atoms with Crippen molar-refractivity contribution >= 4 is 29.0 Å². The fraction of sp³-hybridized carbons (Fsp3) is 0.583. The Kier molecular flexibility index (Phi) is 8.32. The van der Waals surface area contributed by atoms with E-state index < -0.39 is 84.6 Å². The van der Waals surface area contributed by atoms with Crippen molar-refractivity contribution in [3.05, 3.63) is 28.5 Å². The van der Waals surface area contributed by atoms with Gasteiger partial charge in [0.2, 0.25) is 0 Å². The van der Waals surface area contributed by atoms with E-state index in [9.17, 15) is 45.4 Å². The van der Waals surface area contributed by atoms with Crippen molar-refractivity contribution in [2.24, 2.45) is 0 Å². The third kappa shape index (κ3) is 6.32. The van der Waals surface area contributed by atoms with Gasteiger partial charge in [-0.1, -0.05) is 0 Å². The topological polar surface area (TPSA) is 107 Å². The van der Waals surface area contributed by atoms with Gasteiger partial charge in [-0.3, -0.25) is 9.59 Å². The lowest BCUT2D eigenvalue weighted by Crippen LogP contribution is -2.40. The van der Waals surface area contributed by atoms with Gasteiger partial charge in [0.1, 0.15) is 17.6 Å². The molecule has 0 bridgehead atoms. The first-order valence-electron chi connectivity index (χ1n) is 12.4.